The molecule has 2 heterocycles. The zero-order valence-electron chi connectivity index (χ0n) is 9.17. The van der Waals surface area contributed by atoms with Crippen LogP contribution in [0.5, 0.6) is 0 Å². The molecule has 2 unspecified atom stereocenters. The van der Waals surface area contributed by atoms with Crippen molar-refractivity contribution in [3.05, 3.63) is 33.1 Å². The maximum absolute atomic E-state index is 14.4. The first-order valence-electron chi connectivity index (χ1n) is 5.41. The van der Waals surface area contributed by atoms with Gasteiger partial charge in [0.15, 0.2) is 11.9 Å². The normalized spacial score (nSPS) is 41.7. The number of rotatable bonds is 2. The van der Waals surface area contributed by atoms with Crippen molar-refractivity contribution in [2.45, 2.75) is 30.0 Å². The number of alkyl halides is 1. The number of aromatic amines is 1. The summed E-state index contributed by atoms with van der Waals surface area (Å²) in [7, 11) is 0. The van der Waals surface area contributed by atoms with Crippen molar-refractivity contribution in [3.8, 4) is 0 Å². The first-order chi connectivity index (χ1) is 8.42. The number of ether oxygens (including phenoxy) is 1. The third-order valence-electron chi connectivity index (χ3n) is 3.61. The Morgan fingerprint density at radius 3 is 2.89 bits per heavy atom. The Hall–Kier alpha value is -1.51. The van der Waals surface area contributed by atoms with Gasteiger partial charge in [0, 0.05) is 18.7 Å². The molecular formula is C10H11FN2O5. The molecule has 0 aromatic carbocycles. The zero-order valence-corrected chi connectivity index (χ0v) is 9.17. The summed E-state index contributed by atoms with van der Waals surface area (Å²) in [5.74, 6) is 0. The van der Waals surface area contributed by atoms with Crippen LogP contribution in [0.3, 0.4) is 0 Å². The summed E-state index contributed by atoms with van der Waals surface area (Å²) in [6, 6.07) is 1.06. The van der Waals surface area contributed by atoms with Gasteiger partial charge in [-0.05, 0) is 0 Å². The smallest absolute Gasteiger partial charge is 0.330 e. The van der Waals surface area contributed by atoms with E-state index in [-0.39, 0.29) is 6.42 Å². The first kappa shape index (κ1) is 11.6. The van der Waals surface area contributed by atoms with Crippen LogP contribution in [0, 0.1) is 0 Å². The highest BCUT2D eigenvalue weighted by Crippen LogP contribution is 2.65. The number of H-pyrrole nitrogens is 1. The molecule has 0 amide bonds. The zero-order chi connectivity index (χ0) is 13.1. The van der Waals surface area contributed by atoms with Crippen molar-refractivity contribution in [3.63, 3.8) is 0 Å². The Bertz CT molecular complexity index is 613. The quantitative estimate of drug-likeness (QED) is 0.584. The Kier molecular flexibility index (Phi) is 2.11. The fourth-order valence-electron chi connectivity index (χ4n) is 2.50. The Morgan fingerprint density at radius 1 is 1.61 bits per heavy atom. The van der Waals surface area contributed by atoms with Crippen molar-refractivity contribution in [1.29, 1.82) is 0 Å². The lowest BCUT2D eigenvalue weighted by molar-refractivity contribution is -0.0884. The second kappa shape index (κ2) is 3.28. The van der Waals surface area contributed by atoms with Gasteiger partial charge in [-0.2, -0.15) is 0 Å². The third kappa shape index (κ3) is 1.22. The van der Waals surface area contributed by atoms with Gasteiger partial charge in [0.05, 0.1) is 6.61 Å². The average Bonchev–Trinajstić information content (AvgIpc) is 2.79. The van der Waals surface area contributed by atoms with Crippen LogP contribution >= 0.6 is 0 Å². The number of aromatic nitrogens is 2. The number of nitrogens with one attached hydrogen (secondary N) is 1. The maximum Gasteiger partial charge on any atom is 0.330 e. The lowest BCUT2D eigenvalue weighted by Crippen LogP contribution is -2.36. The summed E-state index contributed by atoms with van der Waals surface area (Å²) in [6.45, 7) is -0.545. The number of fused-ring (bicyclic) bond motifs is 1. The summed E-state index contributed by atoms with van der Waals surface area (Å²) in [6.07, 6.45) is -1.53. The molecule has 8 heteroatoms. The molecule has 3 rings (SSSR count). The van der Waals surface area contributed by atoms with Crippen molar-refractivity contribution < 1.29 is 19.3 Å². The SMILES string of the molecule is O=c1ccn(C2O[C@H](CO)[C@]3(O)CC23F)c(=O)[nH]1. The van der Waals surface area contributed by atoms with Crippen LogP contribution in [-0.2, 0) is 4.74 Å². The summed E-state index contributed by atoms with van der Waals surface area (Å²) in [4.78, 5) is 24.4. The minimum atomic E-state index is -2.11. The number of aliphatic hydroxyl groups excluding tert-OH is 1. The highest BCUT2D eigenvalue weighted by Gasteiger charge is 2.82. The van der Waals surface area contributed by atoms with E-state index in [1.165, 1.54) is 0 Å². The molecule has 1 saturated heterocycles. The van der Waals surface area contributed by atoms with Crippen LogP contribution < -0.4 is 11.2 Å². The monoisotopic (exact) mass is 258 g/mol. The van der Waals surface area contributed by atoms with E-state index < -0.39 is 41.5 Å². The van der Waals surface area contributed by atoms with Crippen LogP contribution in [0.4, 0.5) is 4.39 Å². The minimum absolute atomic E-state index is 0.207. The lowest BCUT2D eigenvalue weighted by atomic mass is 10.1. The van der Waals surface area contributed by atoms with Crippen LogP contribution in [0.15, 0.2) is 21.9 Å². The third-order valence-corrected chi connectivity index (χ3v) is 3.61. The van der Waals surface area contributed by atoms with E-state index in [2.05, 4.69) is 0 Å². The van der Waals surface area contributed by atoms with Gasteiger partial charge in [-0.1, -0.05) is 0 Å². The Balaban J connectivity index is 2.04. The van der Waals surface area contributed by atoms with Crippen molar-refractivity contribution in [2.24, 2.45) is 0 Å². The molecule has 1 aromatic rings. The summed E-state index contributed by atoms with van der Waals surface area (Å²) >= 11 is 0. The van der Waals surface area contributed by atoms with Gasteiger partial charge in [0.1, 0.15) is 11.7 Å². The van der Waals surface area contributed by atoms with Crippen LogP contribution in [-0.4, -0.2) is 43.7 Å². The van der Waals surface area contributed by atoms with E-state index >= 15 is 0 Å². The molecule has 1 saturated carbocycles. The van der Waals surface area contributed by atoms with Crippen LogP contribution in [0.2, 0.25) is 0 Å². The summed E-state index contributed by atoms with van der Waals surface area (Å²) in [5, 5.41) is 18.9. The fraction of sp³-hybridized carbons (Fsp3) is 0.600. The predicted octanol–water partition coefficient (Wildman–Crippen LogP) is -1.73. The molecule has 0 spiro atoms. The van der Waals surface area contributed by atoms with Gasteiger partial charge >= 0.3 is 5.69 Å². The van der Waals surface area contributed by atoms with Crippen LogP contribution in [0.25, 0.3) is 0 Å². The maximum atomic E-state index is 14.4. The molecule has 2 fully saturated rings. The number of nitrogens with zero attached hydrogens (tertiary/aromatic N) is 1. The molecule has 2 aliphatic rings. The first-order valence-corrected chi connectivity index (χ1v) is 5.41. The number of halogens is 1. The van der Waals surface area contributed by atoms with E-state index in [0.717, 1.165) is 16.8 Å². The van der Waals surface area contributed by atoms with E-state index in [4.69, 9.17) is 9.84 Å². The molecule has 3 N–H and O–H groups in total. The van der Waals surface area contributed by atoms with Crippen molar-refractivity contribution in [2.75, 3.05) is 6.61 Å². The second-order valence-corrected chi connectivity index (χ2v) is 4.64. The Labute approximate surface area is 99.4 Å². The standard InChI is InChI=1S/C10H11FN2O5/c11-9-4-10(9,17)5(3-14)18-7(9)13-2-1-6(15)12-8(13)16/h1-2,5,7,14,17H,3-4H2,(H,12,15,16)/t5-,7?,9?,10-/m1/s1. The number of hydrogen-bond donors (Lipinski definition) is 3. The molecule has 0 bridgehead atoms. The van der Waals surface area contributed by atoms with E-state index in [0.29, 0.717) is 0 Å². The number of aliphatic hydroxyl groups is 2. The number of hydrogen-bond acceptors (Lipinski definition) is 5. The van der Waals surface area contributed by atoms with E-state index in [1.54, 1.807) is 0 Å². The Morgan fingerprint density at radius 2 is 2.33 bits per heavy atom. The van der Waals surface area contributed by atoms with Gasteiger partial charge in [-0.15, -0.1) is 0 Å². The second-order valence-electron chi connectivity index (χ2n) is 4.64. The topological polar surface area (TPSA) is 105 Å². The van der Waals surface area contributed by atoms with Crippen LogP contribution in [0.1, 0.15) is 12.6 Å². The van der Waals surface area contributed by atoms with Gasteiger partial charge in [-0.3, -0.25) is 14.3 Å². The molecular weight excluding hydrogens is 247 g/mol. The molecule has 1 aliphatic heterocycles. The molecule has 98 valence electrons. The highest BCUT2D eigenvalue weighted by atomic mass is 19.1. The van der Waals surface area contributed by atoms with Crippen molar-refractivity contribution in [1.82, 2.24) is 9.55 Å². The summed E-state index contributed by atoms with van der Waals surface area (Å²) in [5.41, 5.74) is -5.30. The predicted molar refractivity (Wildman–Crippen MR) is 55.7 cm³/mol. The van der Waals surface area contributed by atoms with Crippen molar-refractivity contribution >= 4 is 0 Å². The highest BCUT2D eigenvalue weighted by molar-refractivity contribution is 5.28. The van der Waals surface area contributed by atoms with Gasteiger partial charge < -0.3 is 14.9 Å². The van der Waals surface area contributed by atoms with Gasteiger partial charge in [0.2, 0.25) is 0 Å². The minimum Gasteiger partial charge on any atom is -0.394 e. The fourth-order valence-corrected chi connectivity index (χ4v) is 2.50. The van der Waals surface area contributed by atoms with E-state index in [1.807, 2.05) is 4.98 Å². The molecule has 1 aliphatic carbocycles. The molecule has 1 aromatic heterocycles. The van der Waals surface area contributed by atoms with Gasteiger partial charge in [0.25, 0.3) is 5.56 Å². The van der Waals surface area contributed by atoms with Gasteiger partial charge in [-0.25, -0.2) is 9.18 Å². The lowest BCUT2D eigenvalue weighted by Gasteiger charge is -2.19. The molecule has 0 radical (unpaired) electrons. The molecule has 7 nitrogen and oxygen atoms in total. The largest absolute Gasteiger partial charge is 0.394 e. The molecule has 4 atom stereocenters. The average molecular weight is 258 g/mol. The molecule has 18 heavy (non-hydrogen) atoms. The summed E-state index contributed by atoms with van der Waals surface area (Å²) < 4.78 is 20.4. The van der Waals surface area contributed by atoms with E-state index in [9.17, 15) is 19.1 Å².